The molecule has 0 amide bonds. The van der Waals surface area contributed by atoms with Crippen LogP contribution in [0, 0.1) is 0 Å². The van der Waals surface area contributed by atoms with Crippen LogP contribution >= 0.6 is 0 Å². The minimum atomic E-state index is -0.577. The molecule has 0 fully saturated rings. The molecule has 0 aromatic heterocycles. The molecule has 8 heavy (non-hydrogen) atoms. The van der Waals surface area contributed by atoms with Crippen LogP contribution in [0.1, 0.15) is 0 Å². The van der Waals surface area contributed by atoms with E-state index in [4.69, 9.17) is 0 Å². The maximum Gasteiger partial charge on any atom is 0 e. The summed E-state index contributed by atoms with van der Waals surface area (Å²) in [4.78, 5) is 9.78. The molecule has 0 saturated carbocycles. The molecule has 3 nitrogen and oxygen atoms in total. The smallest absolute Gasteiger partial charge is 0 e. The number of hydrogen-bond donors (Lipinski definition) is 0. The van der Waals surface area contributed by atoms with Gasteiger partial charge in [-0.15, -0.1) is 0 Å². The molecule has 0 heterocycles. The molecule has 0 N–H and O–H groups in total. The largest absolute Gasteiger partial charge is 0 e. The Morgan fingerprint density at radius 2 is 1.38 bits per heavy atom. The van der Waals surface area contributed by atoms with Gasteiger partial charge in [-0.25, -0.2) is 0 Å². The fourth-order valence-electron chi connectivity index (χ4n) is 0.0208. The van der Waals surface area contributed by atoms with Gasteiger partial charge < -0.3 is 0 Å². The first-order valence-electron chi connectivity index (χ1n) is 1.02. The Morgan fingerprint density at radius 3 is 1.38 bits per heavy atom. The number of rotatable bonds is 0. The summed E-state index contributed by atoms with van der Waals surface area (Å²) in [5, 5.41) is 0. The molecular formula is CNi2O3Zr2. The number of hydrogen-bond acceptors (Lipinski definition) is 3. The molecule has 0 atom stereocenters. The van der Waals surface area contributed by atoms with Crippen molar-refractivity contribution in [3.63, 3.8) is 0 Å². The van der Waals surface area contributed by atoms with Crippen LogP contribution in [0.3, 0.4) is 0 Å². The van der Waals surface area contributed by atoms with Gasteiger partial charge >= 0.3 is 66.9 Å². The summed E-state index contributed by atoms with van der Waals surface area (Å²) in [5.41, 5.74) is 0. The van der Waals surface area contributed by atoms with E-state index < -0.39 is 6.16 Å². The summed E-state index contributed by atoms with van der Waals surface area (Å²) in [6, 6.07) is 0. The first-order chi connectivity index (χ1) is 2.81. The van der Waals surface area contributed by atoms with E-state index in [9.17, 15) is 4.79 Å². The molecule has 0 aliphatic heterocycles. The van der Waals surface area contributed by atoms with Gasteiger partial charge in [-0.05, 0) is 0 Å². The summed E-state index contributed by atoms with van der Waals surface area (Å²) >= 11 is 1.44. The Morgan fingerprint density at radius 1 is 1.12 bits per heavy atom. The monoisotopic (exact) mass is 356 g/mol. The molecule has 0 aliphatic rings. The molecule has 0 rings (SSSR count). The van der Waals surface area contributed by atoms with Crippen molar-refractivity contribution in [3.8, 4) is 0 Å². The number of carbonyl (C=O) groups excluding carboxylic acids is 1. The fourth-order valence-corrected chi connectivity index (χ4v) is 0.729. The molecule has 0 unspecified atom stereocenters. The molecule has 0 aromatic carbocycles. The van der Waals surface area contributed by atoms with Crippen molar-refractivity contribution in [3.05, 3.63) is 0 Å². The van der Waals surface area contributed by atoms with Gasteiger partial charge in [0, 0.05) is 33.0 Å². The Kier molecular flexibility index (Phi) is 24.4. The minimum Gasteiger partial charge on any atom is 0 e. The van der Waals surface area contributed by atoms with Crippen molar-refractivity contribution >= 4 is 6.16 Å². The van der Waals surface area contributed by atoms with Crippen LogP contribution < -0.4 is 0 Å². The van der Waals surface area contributed by atoms with E-state index >= 15 is 0 Å². The molecule has 0 bridgehead atoms. The van der Waals surface area contributed by atoms with Crippen molar-refractivity contribution in [2.75, 3.05) is 0 Å². The van der Waals surface area contributed by atoms with Gasteiger partial charge in [0.25, 0.3) is 0 Å². The quantitative estimate of drug-likeness (QED) is 0.574. The zero-order chi connectivity index (χ0) is 4.99. The molecule has 0 saturated heterocycles. The summed E-state index contributed by atoms with van der Waals surface area (Å²) in [5.74, 6) is 0. The second kappa shape index (κ2) is 11.8. The first-order valence-corrected chi connectivity index (χ1v) is 3.03. The van der Waals surface area contributed by atoms with Gasteiger partial charge in [0.2, 0.25) is 0 Å². The van der Waals surface area contributed by atoms with E-state index in [1.165, 1.54) is 0 Å². The van der Waals surface area contributed by atoms with Crippen LogP contribution in [0.4, 0.5) is 4.79 Å². The third-order valence-electron chi connectivity index (χ3n) is 0.167. The van der Waals surface area contributed by atoms with E-state index in [-0.39, 0.29) is 33.0 Å². The third-order valence-corrected chi connectivity index (χ3v) is 0.986. The van der Waals surface area contributed by atoms with E-state index in [1.807, 2.05) is 0 Å². The van der Waals surface area contributed by atoms with Crippen molar-refractivity contribution in [1.29, 1.82) is 0 Å². The van der Waals surface area contributed by atoms with Crippen LogP contribution in [-0.2, 0) is 88.9 Å². The van der Waals surface area contributed by atoms with Crippen LogP contribution in [0.25, 0.3) is 0 Å². The molecule has 0 aromatic rings. The Hall–Kier alpha value is 2.02. The SMILES string of the molecule is O=C([O][Zr])[O][Zr].[Ni].[Ni]. The Labute approximate surface area is 98.4 Å². The predicted octanol–water partition coefficient (Wildman–Crippen LogP) is 0.0582. The predicted molar refractivity (Wildman–Crippen MR) is 7.57 cm³/mol. The van der Waals surface area contributed by atoms with E-state index in [1.54, 1.807) is 0 Å². The zero-order valence-electron chi connectivity index (χ0n) is 3.36. The molecule has 0 spiro atoms. The van der Waals surface area contributed by atoms with E-state index in [2.05, 4.69) is 5.63 Å². The van der Waals surface area contributed by atoms with E-state index in [0.717, 1.165) is 50.3 Å². The van der Waals surface area contributed by atoms with Gasteiger partial charge in [0.1, 0.15) is 0 Å². The molecule has 7 heteroatoms. The van der Waals surface area contributed by atoms with E-state index in [0.29, 0.717) is 0 Å². The maximum atomic E-state index is 9.78. The van der Waals surface area contributed by atoms with Gasteiger partial charge in [-0.1, -0.05) is 0 Å². The second-order valence-corrected chi connectivity index (χ2v) is 1.46. The first kappa shape index (κ1) is 16.5. The van der Waals surface area contributed by atoms with Crippen LogP contribution in [-0.4, -0.2) is 6.16 Å². The van der Waals surface area contributed by atoms with Crippen LogP contribution in [0.15, 0.2) is 0 Å². The van der Waals surface area contributed by atoms with Crippen molar-refractivity contribution in [2.24, 2.45) is 0 Å². The molecule has 0 radical (unpaired) electrons. The topological polar surface area (TPSA) is 35.5 Å². The van der Waals surface area contributed by atoms with Crippen molar-refractivity contribution in [1.82, 2.24) is 0 Å². The summed E-state index contributed by atoms with van der Waals surface area (Å²) in [7, 11) is 0. The standard InChI is InChI=1S/CH2O3.2Ni.2Zr/c2-1(3)4;;;;/h(H2,2,3,4);;;;/q;;;2*+1/p-2. The fraction of sp³-hybridized carbons (Fsp3) is 0. The van der Waals surface area contributed by atoms with Gasteiger partial charge in [0.05, 0.1) is 0 Å². The number of carbonyl (C=O) groups is 1. The third kappa shape index (κ3) is 10.9. The van der Waals surface area contributed by atoms with Gasteiger partial charge in [-0.2, -0.15) is 0 Å². The minimum absolute atomic E-state index is 0. The second-order valence-electron chi connectivity index (χ2n) is 0.454. The van der Waals surface area contributed by atoms with Gasteiger partial charge in [-0.3, -0.25) is 0 Å². The Balaban J connectivity index is -0.000000125. The summed E-state index contributed by atoms with van der Waals surface area (Å²) in [6.45, 7) is 0. The zero-order valence-corrected chi connectivity index (χ0v) is 10.2. The summed E-state index contributed by atoms with van der Waals surface area (Å²) in [6.07, 6.45) is -0.577. The molecular weight excluding hydrogens is 360 g/mol. The average Bonchev–Trinajstić information content (AvgIpc) is 1.65. The Bertz CT molecular complexity index is 53.2. The van der Waals surface area contributed by atoms with Crippen LogP contribution in [0.5, 0.6) is 0 Å². The normalized spacial score (nSPS) is 4.75. The summed E-state index contributed by atoms with van der Waals surface area (Å²) < 4.78 is 8.30. The van der Waals surface area contributed by atoms with Crippen molar-refractivity contribution < 1.29 is 93.7 Å². The average molecular weight is 360 g/mol. The van der Waals surface area contributed by atoms with Crippen LogP contribution in [0.2, 0.25) is 0 Å². The van der Waals surface area contributed by atoms with Crippen molar-refractivity contribution in [2.45, 2.75) is 0 Å². The molecule has 50 valence electrons. The maximum absolute atomic E-state index is 9.78. The van der Waals surface area contributed by atoms with Gasteiger partial charge in [0.15, 0.2) is 0 Å². The molecule has 0 aliphatic carbocycles.